The number of sulfonamides is 1. The van der Waals surface area contributed by atoms with Gasteiger partial charge < -0.3 is 5.32 Å². The van der Waals surface area contributed by atoms with Crippen molar-refractivity contribution >= 4 is 21.6 Å². The Bertz CT molecular complexity index is 1030. The van der Waals surface area contributed by atoms with Crippen molar-refractivity contribution in [1.82, 2.24) is 0 Å². The molecule has 2 aromatic carbocycles. The van der Waals surface area contributed by atoms with Crippen LogP contribution in [-0.2, 0) is 20.2 Å². The number of carbonyl (C=O) groups excluding carboxylic acids is 1. The lowest BCUT2D eigenvalue weighted by atomic mass is 9.42. The van der Waals surface area contributed by atoms with Gasteiger partial charge >= 0.3 is 0 Å². The summed E-state index contributed by atoms with van der Waals surface area (Å²) in [6.45, 7) is 0. The largest absolute Gasteiger partial charge is 0.326 e. The fourth-order valence-corrected chi connectivity index (χ4v) is 7.16. The third kappa shape index (κ3) is 3.19. The quantitative estimate of drug-likeness (QED) is 0.803. The van der Waals surface area contributed by atoms with Gasteiger partial charge in [-0.05, 0) is 85.6 Å². The van der Waals surface area contributed by atoms with Crippen molar-refractivity contribution < 1.29 is 13.2 Å². The normalized spacial score (nSPS) is 32.9. The number of carbonyl (C=O) groups is 1. The van der Waals surface area contributed by atoms with Crippen LogP contribution in [0.15, 0.2) is 59.5 Å². The predicted octanol–water partition coefficient (Wildman–Crippen LogP) is 3.81. The lowest BCUT2D eigenvalue weighted by Gasteiger charge is -2.61. The van der Waals surface area contributed by atoms with Crippen LogP contribution in [0.5, 0.6) is 0 Å². The SMILES string of the molecule is NS(=O)(=O)c1ccc(NC(=O)C23C[C@@H]4C[C@@H](C2)CC(c2ccccc2)(C4)C3)cc1. The zero-order chi connectivity index (χ0) is 20.3. The molecule has 3 N–H and O–H groups in total. The van der Waals surface area contributed by atoms with E-state index in [4.69, 9.17) is 5.14 Å². The van der Waals surface area contributed by atoms with Crippen molar-refractivity contribution in [2.45, 2.75) is 48.8 Å². The van der Waals surface area contributed by atoms with Crippen molar-refractivity contribution in [2.75, 3.05) is 5.32 Å². The number of benzene rings is 2. The molecule has 6 rings (SSSR count). The second-order valence-electron chi connectivity index (χ2n) is 9.41. The minimum absolute atomic E-state index is 0.0494. The summed E-state index contributed by atoms with van der Waals surface area (Å²) in [7, 11) is -3.74. The molecule has 0 saturated heterocycles. The monoisotopic (exact) mass is 410 g/mol. The van der Waals surface area contributed by atoms with Crippen molar-refractivity contribution in [2.24, 2.45) is 22.4 Å². The Morgan fingerprint density at radius 3 is 2.14 bits per heavy atom. The van der Waals surface area contributed by atoms with E-state index >= 15 is 0 Å². The molecular formula is C23H26N2O3S. The van der Waals surface area contributed by atoms with E-state index in [1.54, 1.807) is 12.1 Å². The summed E-state index contributed by atoms with van der Waals surface area (Å²) >= 11 is 0. The first-order valence-electron chi connectivity index (χ1n) is 10.3. The third-order valence-corrected chi connectivity index (χ3v) is 8.30. The lowest BCUT2D eigenvalue weighted by molar-refractivity contribution is -0.143. The molecule has 4 aliphatic rings. The highest BCUT2D eigenvalue weighted by Crippen LogP contribution is 2.65. The fraction of sp³-hybridized carbons (Fsp3) is 0.435. The van der Waals surface area contributed by atoms with Gasteiger partial charge in [-0.15, -0.1) is 0 Å². The molecule has 2 aromatic rings. The van der Waals surface area contributed by atoms with Gasteiger partial charge in [0.05, 0.1) is 10.3 Å². The average molecular weight is 411 g/mol. The minimum atomic E-state index is -3.74. The van der Waals surface area contributed by atoms with Gasteiger partial charge in [0.2, 0.25) is 15.9 Å². The maximum absolute atomic E-state index is 13.5. The summed E-state index contributed by atoms with van der Waals surface area (Å²) in [5.41, 5.74) is 1.77. The van der Waals surface area contributed by atoms with Crippen LogP contribution in [0.2, 0.25) is 0 Å². The summed E-state index contributed by atoms with van der Waals surface area (Å²) in [6.07, 6.45) is 6.43. The number of nitrogens with one attached hydrogen (secondary N) is 1. The third-order valence-electron chi connectivity index (χ3n) is 7.37. The molecule has 6 heteroatoms. The van der Waals surface area contributed by atoms with Crippen LogP contribution in [0.25, 0.3) is 0 Å². The number of hydrogen-bond donors (Lipinski definition) is 2. The molecule has 0 spiro atoms. The topological polar surface area (TPSA) is 89.3 Å². The maximum atomic E-state index is 13.5. The van der Waals surface area contributed by atoms with Gasteiger partial charge in [0, 0.05) is 5.69 Å². The maximum Gasteiger partial charge on any atom is 0.238 e. The Hall–Kier alpha value is -2.18. The number of primary sulfonamides is 1. The molecule has 0 heterocycles. The standard InChI is InChI=1S/C23H26N2O3S/c24-29(27,28)20-8-6-19(7-9-20)25-21(26)23-13-16-10-17(14-23)12-22(11-16,15-23)18-4-2-1-3-5-18/h1-9,16-17H,10-15H2,(H,25,26)(H2,24,27,28)/t16-,17-,22?,23?/m1/s1. The number of amides is 1. The van der Waals surface area contributed by atoms with Crippen molar-refractivity contribution in [3.8, 4) is 0 Å². The molecule has 1 amide bonds. The Morgan fingerprint density at radius 2 is 1.55 bits per heavy atom. The number of hydrogen-bond acceptors (Lipinski definition) is 3. The molecule has 0 radical (unpaired) electrons. The smallest absolute Gasteiger partial charge is 0.238 e. The van der Waals surface area contributed by atoms with Crippen molar-refractivity contribution in [3.05, 3.63) is 60.2 Å². The van der Waals surface area contributed by atoms with Gasteiger partial charge in [0.15, 0.2) is 0 Å². The molecule has 5 nitrogen and oxygen atoms in total. The molecule has 0 aromatic heterocycles. The minimum Gasteiger partial charge on any atom is -0.326 e. The van der Waals surface area contributed by atoms with Crippen LogP contribution in [0.4, 0.5) is 5.69 Å². The zero-order valence-corrected chi connectivity index (χ0v) is 17.1. The van der Waals surface area contributed by atoms with Gasteiger partial charge in [-0.3, -0.25) is 4.79 Å². The molecule has 4 bridgehead atoms. The van der Waals surface area contributed by atoms with Gasteiger partial charge in [0.1, 0.15) is 0 Å². The summed E-state index contributed by atoms with van der Waals surface area (Å²) in [4.78, 5) is 13.5. The molecule has 4 aliphatic carbocycles. The average Bonchev–Trinajstić information content (AvgIpc) is 2.67. The highest BCUT2D eigenvalue weighted by atomic mass is 32.2. The van der Waals surface area contributed by atoms with Gasteiger partial charge in [0.25, 0.3) is 0 Å². The van der Waals surface area contributed by atoms with Gasteiger partial charge in [-0.2, -0.15) is 0 Å². The van der Waals surface area contributed by atoms with Gasteiger partial charge in [-0.1, -0.05) is 30.3 Å². The molecule has 4 saturated carbocycles. The summed E-state index contributed by atoms with van der Waals surface area (Å²) in [5, 5.41) is 8.24. The summed E-state index contributed by atoms with van der Waals surface area (Å²) in [6, 6.07) is 16.8. The molecule has 0 unspecified atom stereocenters. The van der Waals surface area contributed by atoms with E-state index in [1.165, 1.54) is 37.0 Å². The van der Waals surface area contributed by atoms with Crippen LogP contribution in [0.1, 0.15) is 44.1 Å². The Kier molecular flexibility index (Phi) is 4.16. The van der Waals surface area contributed by atoms with Crippen LogP contribution in [0, 0.1) is 17.3 Å². The van der Waals surface area contributed by atoms with Crippen LogP contribution >= 0.6 is 0 Å². The van der Waals surface area contributed by atoms with E-state index in [1.807, 2.05) is 0 Å². The zero-order valence-electron chi connectivity index (χ0n) is 16.3. The highest BCUT2D eigenvalue weighted by Gasteiger charge is 2.60. The summed E-state index contributed by atoms with van der Waals surface area (Å²) in [5.74, 6) is 1.29. The van der Waals surface area contributed by atoms with Crippen LogP contribution < -0.4 is 10.5 Å². The Balaban J connectivity index is 1.42. The van der Waals surface area contributed by atoms with E-state index in [0.29, 0.717) is 17.5 Å². The first-order chi connectivity index (χ1) is 13.8. The number of rotatable bonds is 4. The number of nitrogens with two attached hydrogens (primary N) is 1. The highest BCUT2D eigenvalue weighted by molar-refractivity contribution is 7.89. The Labute approximate surface area is 171 Å². The van der Waals surface area contributed by atoms with Crippen molar-refractivity contribution in [3.63, 3.8) is 0 Å². The fourth-order valence-electron chi connectivity index (χ4n) is 6.65. The molecule has 29 heavy (non-hydrogen) atoms. The molecular weight excluding hydrogens is 384 g/mol. The lowest BCUT2D eigenvalue weighted by Crippen LogP contribution is -2.57. The first-order valence-corrected chi connectivity index (χ1v) is 11.8. The van der Waals surface area contributed by atoms with Gasteiger partial charge in [-0.25, -0.2) is 13.6 Å². The van der Waals surface area contributed by atoms with E-state index < -0.39 is 10.0 Å². The Morgan fingerprint density at radius 1 is 0.931 bits per heavy atom. The summed E-state index contributed by atoms with van der Waals surface area (Å²) < 4.78 is 22.9. The molecule has 2 atom stereocenters. The molecule has 152 valence electrons. The molecule has 0 aliphatic heterocycles. The van der Waals surface area contributed by atoms with Crippen molar-refractivity contribution in [1.29, 1.82) is 0 Å². The molecule has 4 fully saturated rings. The van der Waals surface area contributed by atoms with E-state index in [-0.39, 0.29) is 21.6 Å². The number of anilines is 1. The first kappa shape index (κ1) is 18.8. The second kappa shape index (κ2) is 6.41. The van der Waals surface area contributed by atoms with E-state index in [2.05, 4.69) is 35.6 Å². The second-order valence-corrected chi connectivity index (χ2v) is 11.0. The van der Waals surface area contributed by atoms with E-state index in [9.17, 15) is 13.2 Å². The van der Waals surface area contributed by atoms with E-state index in [0.717, 1.165) is 19.3 Å². The predicted molar refractivity (Wildman–Crippen MR) is 112 cm³/mol. The van der Waals surface area contributed by atoms with Crippen LogP contribution in [-0.4, -0.2) is 14.3 Å². The van der Waals surface area contributed by atoms with Crippen LogP contribution in [0.3, 0.4) is 0 Å².